The number of rotatable bonds is 6. The van der Waals surface area contributed by atoms with Gasteiger partial charge in [0, 0.05) is 19.5 Å². The quantitative estimate of drug-likeness (QED) is 0.749. The molecule has 1 heterocycles. The molecule has 1 N–H and O–H groups in total. The van der Waals surface area contributed by atoms with Crippen molar-refractivity contribution < 1.29 is 9.53 Å². The van der Waals surface area contributed by atoms with Crippen molar-refractivity contribution in [2.45, 2.75) is 19.5 Å². The number of nitrogens with one attached hydrogen (secondary N) is 1. The Morgan fingerprint density at radius 3 is 2.67 bits per heavy atom. The Morgan fingerprint density at radius 2 is 1.92 bits per heavy atom. The van der Waals surface area contributed by atoms with E-state index in [1.165, 1.54) is 11.3 Å². The fourth-order valence-electron chi connectivity index (χ4n) is 2.47. The first-order valence-corrected chi connectivity index (χ1v) is 8.47. The third kappa shape index (κ3) is 3.65. The van der Waals surface area contributed by atoms with Crippen molar-refractivity contribution in [3.63, 3.8) is 0 Å². The minimum atomic E-state index is -0.0759. The van der Waals surface area contributed by atoms with Crippen LogP contribution >= 0.6 is 11.3 Å². The van der Waals surface area contributed by atoms with Crippen molar-refractivity contribution in [3.05, 3.63) is 63.8 Å². The molecule has 0 radical (unpaired) electrons. The topological polar surface area (TPSA) is 60.3 Å². The van der Waals surface area contributed by atoms with Crippen LogP contribution in [0.3, 0.4) is 0 Å². The second-order valence-electron chi connectivity index (χ2n) is 5.36. The normalized spacial score (nSPS) is 10.7. The smallest absolute Gasteiger partial charge is 0.308 e. The number of amides is 1. The molecule has 0 atom stereocenters. The molecular weight excluding hydrogens is 324 g/mol. The zero-order valence-corrected chi connectivity index (χ0v) is 14.1. The van der Waals surface area contributed by atoms with Gasteiger partial charge in [-0.15, -0.1) is 0 Å². The number of benzene rings is 2. The lowest BCUT2D eigenvalue weighted by Crippen LogP contribution is -2.25. The van der Waals surface area contributed by atoms with Gasteiger partial charge in [-0.1, -0.05) is 35.6 Å². The molecule has 0 aliphatic heterocycles. The van der Waals surface area contributed by atoms with Gasteiger partial charge in [0.15, 0.2) is 0 Å². The fraction of sp³-hybridized carbons (Fsp3) is 0.222. The first-order valence-electron chi connectivity index (χ1n) is 7.65. The molecule has 3 rings (SSSR count). The van der Waals surface area contributed by atoms with E-state index in [0.29, 0.717) is 13.1 Å². The molecule has 0 unspecified atom stereocenters. The average Bonchev–Trinajstić information content (AvgIpc) is 2.93. The summed E-state index contributed by atoms with van der Waals surface area (Å²) >= 11 is 1.21. The number of nitrogens with zero attached hydrogens (tertiary/aromatic N) is 1. The summed E-state index contributed by atoms with van der Waals surface area (Å²) < 4.78 is 7.71. The van der Waals surface area contributed by atoms with Gasteiger partial charge in [-0.2, -0.15) is 0 Å². The van der Waals surface area contributed by atoms with Crippen LogP contribution in [0.4, 0.5) is 0 Å². The molecule has 2 aromatic carbocycles. The maximum absolute atomic E-state index is 12.0. The summed E-state index contributed by atoms with van der Waals surface area (Å²) in [5, 5.41) is 2.87. The lowest BCUT2D eigenvalue weighted by atomic mass is 10.2. The highest BCUT2D eigenvalue weighted by atomic mass is 32.1. The monoisotopic (exact) mass is 342 g/mol. The van der Waals surface area contributed by atoms with Gasteiger partial charge in [-0.25, -0.2) is 0 Å². The third-order valence-electron chi connectivity index (χ3n) is 3.78. The van der Waals surface area contributed by atoms with Crippen LogP contribution in [0.2, 0.25) is 0 Å². The Bertz CT molecular complexity index is 897. The minimum Gasteiger partial charge on any atom is -0.497 e. The number of methoxy groups -OCH3 is 1. The maximum Gasteiger partial charge on any atom is 0.308 e. The Hall–Kier alpha value is -2.60. The largest absolute Gasteiger partial charge is 0.497 e. The molecule has 124 valence electrons. The van der Waals surface area contributed by atoms with Crippen LogP contribution in [0.25, 0.3) is 10.2 Å². The van der Waals surface area contributed by atoms with E-state index in [1.54, 1.807) is 11.7 Å². The van der Waals surface area contributed by atoms with Gasteiger partial charge in [-0.3, -0.25) is 14.2 Å². The van der Waals surface area contributed by atoms with Crippen LogP contribution < -0.4 is 14.9 Å². The fourth-order valence-corrected chi connectivity index (χ4v) is 3.39. The van der Waals surface area contributed by atoms with Crippen LogP contribution in [0.5, 0.6) is 5.75 Å². The van der Waals surface area contributed by atoms with E-state index in [4.69, 9.17) is 4.74 Å². The van der Waals surface area contributed by atoms with Crippen molar-refractivity contribution in [1.29, 1.82) is 0 Å². The van der Waals surface area contributed by atoms with Crippen molar-refractivity contribution in [2.24, 2.45) is 0 Å². The zero-order valence-electron chi connectivity index (χ0n) is 13.3. The van der Waals surface area contributed by atoms with Crippen LogP contribution in [0.15, 0.2) is 53.3 Å². The molecule has 1 amide bonds. The van der Waals surface area contributed by atoms with Gasteiger partial charge < -0.3 is 10.1 Å². The Kier molecular flexibility index (Phi) is 4.96. The van der Waals surface area contributed by atoms with Gasteiger partial charge in [0.1, 0.15) is 5.75 Å². The summed E-state index contributed by atoms with van der Waals surface area (Å²) in [6.45, 7) is 0.847. The molecule has 0 spiro atoms. The standard InChI is InChI=1S/C18H18N2O3S/c1-23-14-8-6-13(7-9-14)12-19-17(21)10-11-20-15-4-2-3-5-16(15)24-18(20)22/h2-9H,10-12H2,1H3,(H,19,21). The average molecular weight is 342 g/mol. The lowest BCUT2D eigenvalue weighted by molar-refractivity contribution is -0.121. The zero-order chi connectivity index (χ0) is 16.9. The molecule has 3 aromatic rings. The van der Waals surface area contributed by atoms with E-state index in [9.17, 15) is 9.59 Å². The van der Waals surface area contributed by atoms with Crippen molar-refractivity contribution in [2.75, 3.05) is 7.11 Å². The predicted molar refractivity (Wildman–Crippen MR) is 95.5 cm³/mol. The van der Waals surface area contributed by atoms with E-state index in [2.05, 4.69) is 5.32 Å². The van der Waals surface area contributed by atoms with Gasteiger partial charge in [0.2, 0.25) is 5.91 Å². The summed E-state index contributed by atoms with van der Waals surface area (Å²) in [5.41, 5.74) is 1.89. The molecule has 0 aliphatic rings. The summed E-state index contributed by atoms with van der Waals surface area (Å²) in [6.07, 6.45) is 0.275. The first kappa shape index (κ1) is 16.3. The number of hydrogen-bond acceptors (Lipinski definition) is 4. The number of ether oxygens (including phenoxy) is 1. The van der Waals surface area contributed by atoms with Crippen LogP contribution in [0, 0.1) is 0 Å². The summed E-state index contributed by atoms with van der Waals surface area (Å²) in [4.78, 5) is 24.0. The molecule has 0 aliphatic carbocycles. The van der Waals surface area contributed by atoms with Gasteiger partial charge in [-0.05, 0) is 29.8 Å². The maximum atomic E-state index is 12.0. The molecule has 0 fully saturated rings. The SMILES string of the molecule is COc1ccc(CNC(=O)CCn2c(=O)sc3ccccc32)cc1. The molecule has 0 bridgehead atoms. The van der Waals surface area contributed by atoms with Crippen LogP contribution in [0.1, 0.15) is 12.0 Å². The minimum absolute atomic E-state index is 0.0286. The number of aromatic nitrogens is 1. The Morgan fingerprint density at radius 1 is 1.17 bits per heavy atom. The number of carbonyl (C=O) groups is 1. The Balaban J connectivity index is 1.57. The molecule has 5 nitrogen and oxygen atoms in total. The lowest BCUT2D eigenvalue weighted by Gasteiger charge is -2.07. The van der Waals surface area contributed by atoms with Crippen molar-refractivity contribution in [3.8, 4) is 5.75 Å². The number of thiazole rings is 1. The summed E-state index contributed by atoms with van der Waals surface area (Å²) in [5.74, 6) is 0.710. The van der Waals surface area contributed by atoms with E-state index < -0.39 is 0 Å². The molecule has 0 saturated heterocycles. The molecular formula is C18H18N2O3S. The highest BCUT2D eigenvalue weighted by molar-refractivity contribution is 7.16. The first-order chi connectivity index (χ1) is 11.7. The van der Waals surface area contributed by atoms with Crippen molar-refractivity contribution >= 4 is 27.5 Å². The van der Waals surface area contributed by atoms with Gasteiger partial charge in [0.05, 0.1) is 17.3 Å². The number of carbonyl (C=O) groups excluding carboxylic acids is 1. The summed E-state index contributed by atoms with van der Waals surface area (Å²) in [7, 11) is 1.62. The van der Waals surface area contributed by atoms with Gasteiger partial charge >= 0.3 is 4.87 Å². The number of aryl methyl sites for hydroxylation is 1. The number of hydrogen-bond donors (Lipinski definition) is 1. The van der Waals surface area contributed by atoms with Gasteiger partial charge in [0.25, 0.3) is 0 Å². The predicted octanol–water partition coefficient (Wildman–Crippen LogP) is 2.78. The van der Waals surface area contributed by atoms with Crippen LogP contribution in [-0.4, -0.2) is 17.6 Å². The summed E-state index contributed by atoms with van der Waals surface area (Å²) in [6, 6.07) is 15.2. The molecule has 0 saturated carbocycles. The molecule has 24 heavy (non-hydrogen) atoms. The second kappa shape index (κ2) is 7.31. The van der Waals surface area contributed by atoms with E-state index in [0.717, 1.165) is 21.5 Å². The molecule has 6 heteroatoms. The highest BCUT2D eigenvalue weighted by Crippen LogP contribution is 2.16. The number of fused-ring (bicyclic) bond motifs is 1. The molecule has 1 aromatic heterocycles. The van der Waals surface area contributed by atoms with Crippen LogP contribution in [-0.2, 0) is 17.9 Å². The highest BCUT2D eigenvalue weighted by Gasteiger charge is 2.09. The Labute approximate surface area is 143 Å². The van der Waals surface area contributed by atoms with E-state index in [1.807, 2.05) is 48.5 Å². The van der Waals surface area contributed by atoms with E-state index in [-0.39, 0.29) is 17.2 Å². The van der Waals surface area contributed by atoms with E-state index >= 15 is 0 Å². The third-order valence-corrected chi connectivity index (χ3v) is 4.75. The second-order valence-corrected chi connectivity index (χ2v) is 6.36. The number of para-hydroxylation sites is 1. The van der Waals surface area contributed by atoms with Crippen molar-refractivity contribution in [1.82, 2.24) is 9.88 Å².